The molecular weight excluding hydrogens is 817 g/mol. The minimum atomic E-state index is -1.40. The van der Waals surface area contributed by atoms with Crippen LogP contribution in [0.4, 0.5) is 14.4 Å². The molecular formula is C45H60N6O12. The number of ether oxygens (including phenoxy) is 3. The van der Waals surface area contributed by atoms with Crippen molar-refractivity contribution in [2.24, 2.45) is 0 Å². The fraction of sp³-hybridized carbons (Fsp3) is 0.467. The second kappa shape index (κ2) is 22.5. The van der Waals surface area contributed by atoms with E-state index >= 15 is 0 Å². The molecule has 63 heavy (non-hydrogen) atoms. The summed E-state index contributed by atoms with van der Waals surface area (Å²) in [5.74, 6) is -2.70. The summed E-state index contributed by atoms with van der Waals surface area (Å²) < 4.78 is 16.0. The van der Waals surface area contributed by atoms with E-state index < -0.39 is 71.9 Å². The van der Waals surface area contributed by atoms with Crippen LogP contribution in [0, 0.1) is 0 Å². The van der Waals surface area contributed by atoms with Crippen molar-refractivity contribution in [1.82, 2.24) is 31.5 Å². The first-order chi connectivity index (χ1) is 29.7. The van der Waals surface area contributed by atoms with Gasteiger partial charge < -0.3 is 61.0 Å². The first kappa shape index (κ1) is 49.1. The lowest BCUT2D eigenvalue weighted by Gasteiger charge is -2.30. The number of phenolic OH excluding ortho intramolecular Hbond substituents is 2. The molecule has 1 heterocycles. The van der Waals surface area contributed by atoms with Crippen LogP contribution in [-0.4, -0.2) is 118 Å². The van der Waals surface area contributed by atoms with Crippen LogP contribution in [0.5, 0.6) is 11.5 Å². The molecule has 6 amide bonds. The molecule has 0 radical (unpaired) electrons. The molecule has 18 nitrogen and oxygen atoms in total. The molecule has 0 saturated carbocycles. The zero-order chi connectivity index (χ0) is 46.3. The molecule has 4 rings (SSSR count). The Labute approximate surface area is 367 Å². The third-order valence-electron chi connectivity index (χ3n) is 9.48. The van der Waals surface area contributed by atoms with E-state index in [0.29, 0.717) is 11.1 Å². The number of phenols is 2. The third-order valence-corrected chi connectivity index (χ3v) is 9.48. The number of aliphatic hydroxyl groups excluding tert-OH is 1. The van der Waals surface area contributed by atoms with Gasteiger partial charge in [0.2, 0.25) is 17.7 Å². The number of amides is 6. The number of aromatic hydroxyl groups is 2. The molecule has 0 aromatic heterocycles. The molecule has 0 aliphatic carbocycles. The van der Waals surface area contributed by atoms with Crippen LogP contribution in [-0.2, 0) is 48.0 Å². The monoisotopic (exact) mass is 876 g/mol. The van der Waals surface area contributed by atoms with Gasteiger partial charge in [-0.1, -0.05) is 42.5 Å². The third kappa shape index (κ3) is 16.3. The highest BCUT2D eigenvalue weighted by atomic mass is 16.6. The Balaban J connectivity index is 1.69. The van der Waals surface area contributed by atoms with Crippen molar-refractivity contribution in [3.8, 4) is 22.6 Å². The minimum absolute atomic E-state index is 0.0145. The largest absolute Gasteiger partial charge is 0.508 e. The number of fused-ring (bicyclic) bond motifs is 5. The van der Waals surface area contributed by atoms with Crippen LogP contribution in [0.2, 0.25) is 0 Å². The highest BCUT2D eigenvalue weighted by Gasteiger charge is 2.33. The molecule has 0 fully saturated rings. The summed E-state index contributed by atoms with van der Waals surface area (Å²) in [4.78, 5) is 82.3. The average Bonchev–Trinajstić information content (AvgIpc) is 3.20. The molecule has 0 spiro atoms. The van der Waals surface area contributed by atoms with Crippen molar-refractivity contribution in [3.63, 3.8) is 0 Å². The van der Waals surface area contributed by atoms with Crippen LogP contribution in [0.15, 0.2) is 66.7 Å². The van der Waals surface area contributed by atoms with Gasteiger partial charge in [-0.15, -0.1) is 0 Å². The first-order valence-corrected chi connectivity index (χ1v) is 20.8. The van der Waals surface area contributed by atoms with Crippen molar-refractivity contribution in [1.29, 1.82) is 0 Å². The van der Waals surface area contributed by atoms with Crippen molar-refractivity contribution < 1.29 is 58.3 Å². The van der Waals surface area contributed by atoms with Gasteiger partial charge in [-0.05, 0) is 106 Å². The summed E-state index contributed by atoms with van der Waals surface area (Å²) in [5, 5.41) is 45.2. The second-order valence-electron chi connectivity index (χ2n) is 17.0. The number of benzene rings is 3. The number of hydrogen-bond acceptors (Lipinski definition) is 12. The topological polar surface area (TPSA) is 254 Å². The maximum atomic E-state index is 14.4. The van der Waals surface area contributed by atoms with Crippen LogP contribution in [0.1, 0.15) is 71.1 Å². The lowest BCUT2D eigenvalue weighted by atomic mass is 9.95. The van der Waals surface area contributed by atoms with Gasteiger partial charge in [-0.25, -0.2) is 14.4 Å². The van der Waals surface area contributed by atoms with Crippen LogP contribution >= 0.6 is 0 Å². The van der Waals surface area contributed by atoms with E-state index in [-0.39, 0.29) is 81.1 Å². The van der Waals surface area contributed by atoms with Crippen molar-refractivity contribution >= 4 is 36.0 Å². The molecule has 18 heteroatoms. The number of nitrogens with zero attached hydrogens (tertiary/aromatic N) is 1. The summed E-state index contributed by atoms with van der Waals surface area (Å²) in [6.45, 7) is 9.24. The van der Waals surface area contributed by atoms with Gasteiger partial charge in [0.05, 0.1) is 6.61 Å². The van der Waals surface area contributed by atoms with Gasteiger partial charge in [0.15, 0.2) is 0 Å². The Kier molecular flexibility index (Phi) is 17.5. The molecule has 0 saturated heterocycles. The van der Waals surface area contributed by atoms with E-state index in [0.717, 1.165) is 5.56 Å². The Morgan fingerprint density at radius 2 is 1.32 bits per heavy atom. The van der Waals surface area contributed by atoms with Gasteiger partial charge in [-0.3, -0.25) is 14.4 Å². The SMILES string of the molecule is CC(C)(C)OC(=O)NCCC[C@@H]1NC(=O)[C@@H](NC(=O)OC(C)(C)C)Cc2cc(ccc2O)-c2ccc(O)c(c2)C[C@@H](C(=O)N(CCO)CCNC(=O)OCc2ccccc2)NC1=O. The Bertz CT molecular complexity index is 2070. The molecule has 8 N–H and O–H groups in total. The van der Waals surface area contributed by atoms with Crippen LogP contribution < -0.4 is 26.6 Å². The second-order valence-corrected chi connectivity index (χ2v) is 17.0. The van der Waals surface area contributed by atoms with Crippen molar-refractivity contribution in [3.05, 3.63) is 83.4 Å². The predicted molar refractivity (Wildman–Crippen MR) is 231 cm³/mol. The maximum absolute atomic E-state index is 14.4. The number of nitrogens with one attached hydrogen (secondary N) is 5. The molecule has 0 unspecified atom stereocenters. The zero-order valence-corrected chi connectivity index (χ0v) is 36.6. The number of aliphatic hydroxyl groups is 1. The van der Waals surface area contributed by atoms with Gasteiger partial charge >= 0.3 is 18.3 Å². The van der Waals surface area contributed by atoms with E-state index in [9.17, 15) is 44.1 Å². The van der Waals surface area contributed by atoms with Gasteiger partial charge in [0, 0.05) is 39.0 Å². The number of alkyl carbamates (subject to hydrolysis) is 3. The molecule has 342 valence electrons. The van der Waals surface area contributed by atoms with Crippen molar-refractivity contribution in [2.75, 3.05) is 32.8 Å². The fourth-order valence-electron chi connectivity index (χ4n) is 6.52. The highest BCUT2D eigenvalue weighted by Crippen LogP contribution is 2.31. The average molecular weight is 877 g/mol. The lowest BCUT2D eigenvalue weighted by molar-refractivity contribution is -0.138. The van der Waals surface area contributed by atoms with E-state index in [1.165, 1.54) is 17.0 Å². The van der Waals surface area contributed by atoms with E-state index in [1.54, 1.807) is 90.1 Å². The Morgan fingerprint density at radius 3 is 1.92 bits per heavy atom. The molecule has 3 aromatic rings. The number of carbonyl (C=O) groups is 6. The predicted octanol–water partition coefficient (Wildman–Crippen LogP) is 3.78. The lowest BCUT2D eigenvalue weighted by Crippen LogP contribution is -2.58. The summed E-state index contributed by atoms with van der Waals surface area (Å²) in [7, 11) is 0. The van der Waals surface area contributed by atoms with E-state index in [1.807, 2.05) is 6.07 Å². The molecule has 3 aromatic carbocycles. The fourth-order valence-corrected chi connectivity index (χ4v) is 6.52. The summed E-state index contributed by atoms with van der Waals surface area (Å²) in [5.41, 5.74) is 0.702. The molecule has 1 aliphatic rings. The highest BCUT2D eigenvalue weighted by molar-refractivity contribution is 5.94. The summed E-state index contributed by atoms with van der Waals surface area (Å²) in [6, 6.07) is 14.2. The molecule has 3 atom stereocenters. The standard InChI is InChI=1S/C45H60N6O12/c1-44(2,3)62-42(59)46-18-10-13-33-38(55)49-35(40(57)51(21-22-52)20-19-47-41(58)61-27-28-11-8-7-9-12-28)26-32-24-30(15-17-37(32)54)29-14-16-36(53)31(23-29)25-34(39(56)48-33)50-43(60)63-45(4,5)6/h7-9,11-12,14-17,23-24,33-35,52-54H,10,13,18-22,25-27H2,1-6H3,(H,46,59)(H,47,58)(H,48,56)(H,49,55)(H,50,60)/t33-,34-,35-/m0/s1. The number of carbonyl (C=O) groups excluding carboxylic acids is 6. The van der Waals surface area contributed by atoms with E-state index in [4.69, 9.17) is 14.2 Å². The van der Waals surface area contributed by atoms with Crippen molar-refractivity contribution in [2.45, 2.75) is 103 Å². The van der Waals surface area contributed by atoms with Gasteiger partial charge in [0.1, 0.15) is 47.4 Å². The number of hydrogen-bond donors (Lipinski definition) is 8. The van der Waals surface area contributed by atoms with Crippen LogP contribution in [0.3, 0.4) is 0 Å². The van der Waals surface area contributed by atoms with Gasteiger partial charge in [0.25, 0.3) is 0 Å². The minimum Gasteiger partial charge on any atom is -0.508 e. The summed E-state index contributed by atoms with van der Waals surface area (Å²) >= 11 is 0. The zero-order valence-electron chi connectivity index (χ0n) is 36.6. The molecule has 1 aliphatic heterocycles. The van der Waals surface area contributed by atoms with E-state index in [2.05, 4.69) is 26.6 Å². The molecule has 4 bridgehead atoms. The normalized spacial score (nSPS) is 16.8. The number of rotatable bonds is 13. The maximum Gasteiger partial charge on any atom is 0.408 e. The summed E-state index contributed by atoms with van der Waals surface area (Å²) in [6.07, 6.45) is -2.81. The Morgan fingerprint density at radius 1 is 0.730 bits per heavy atom. The quantitative estimate of drug-likeness (QED) is 0.0903. The Hall–Kier alpha value is -6.56. The smallest absolute Gasteiger partial charge is 0.408 e. The van der Waals surface area contributed by atoms with Crippen LogP contribution in [0.25, 0.3) is 11.1 Å². The van der Waals surface area contributed by atoms with Gasteiger partial charge in [-0.2, -0.15) is 0 Å². The first-order valence-electron chi connectivity index (χ1n) is 20.8.